The van der Waals surface area contributed by atoms with Gasteiger partial charge in [-0.05, 0) is 36.8 Å². The number of hydrogen-bond acceptors (Lipinski definition) is 2. The van der Waals surface area contributed by atoms with E-state index in [2.05, 4.69) is 19.9 Å². The predicted octanol–water partition coefficient (Wildman–Crippen LogP) is 3.71. The van der Waals surface area contributed by atoms with Crippen LogP contribution >= 0.6 is 11.3 Å². The first kappa shape index (κ1) is 11.2. The second kappa shape index (κ2) is 4.67. The fraction of sp³-hybridized carbons (Fsp3) is 0.692. The summed E-state index contributed by atoms with van der Waals surface area (Å²) >= 11 is 1.84. The number of fused-ring (bicyclic) bond motifs is 1. The van der Waals surface area contributed by atoms with Crippen LogP contribution in [0.3, 0.4) is 0 Å². The fourth-order valence-electron chi connectivity index (χ4n) is 2.47. The van der Waals surface area contributed by atoms with Gasteiger partial charge in [0, 0.05) is 9.75 Å². The van der Waals surface area contributed by atoms with Crippen LogP contribution in [-0.2, 0) is 12.8 Å². The third kappa shape index (κ3) is 2.11. The van der Waals surface area contributed by atoms with Crippen LogP contribution in [0.5, 0.6) is 0 Å². The maximum Gasteiger partial charge on any atom is 0.0910 e. The van der Waals surface area contributed by atoms with Gasteiger partial charge in [-0.3, -0.25) is 0 Å². The van der Waals surface area contributed by atoms with Crippen molar-refractivity contribution in [2.45, 2.75) is 52.1 Å². The molecule has 0 saturated carbocycles. The zero-order valence-corrected chi connectivity index (χ0v) is 10.4. The Morgan fingerprint density at radius 1 is 1.33 bits per heavy atom. The van der Waals surface area contributed by atoms with Gasteiger partial charge in [0.25, 0.3) is 0 Å². The van der Waals surface area contributed by atoms with E-state index in [9.17, 15) is 5.11 Å². The third-order valence-corrected chi connectivity index (χ3v) is 4.86. The van der Waals surface area contributed by atoms with E-state index in [0.717, 1.165) is 12.8 Å². The molecule has 1 aliphatic rings. The first-order valence-electron chi connectivity index (χ1n) is 6.05. The largest absolute Gasteiger partial charge is 0.387 e. The Labute approximate surface area is 96.1 Å². The molecule has 0 aliphatic heterocycles. The number of rotatable bonds is 4. The smallest absolute Gasteiger partial charge is 0.0910 e. The zero-order valence-electron chi connectivity index (χ0n) is 9.62. The van der Waals surface area contributed by atoms with Crippen molar-refractivity contribution < 1.29 is 5.11 Å². The first-order chi connectivity index (χ1) is 7.26. The van der Waals surface area contributed by atoms with Crippen molar-refractivity contribution in [1.29, 1.82) is 0 Å². The molecular weight excluding hydrogens is 204 g/mol. The molecule has 1 atom stereocenters. The molecule has 2 rings (SSSR count). The van der Waals surface area contributed by atoms with Crippen molar-refractivity contribution in [2.75, 3.05) is 0 Å². The average molecular weight is 224 g/mol. The lowest BCUT2D eigenvalue weighted by molar-refractivity contribution is 0.107. The lowest BCUT2D eigenvalue weighted by Crippen LogP contribution is -2.09. The molecule has 1 unspecified atom stereocenters. The molecule has 1 aromatic rings. The highest BCUT2D eigenvalue weighted by Crippen LogP contribution is 2.37. The van der Waals surface area contributed by atoms with E-state index in [1.165, 1.54) is 34.6 Å². The van der Waals surface area contributed by atoms with Crippen molar-refractivity contribution in [3.63, 3.8) is 0 Å². The lowest BCUT2D eigenvalue weighted by atomic mass is 9.95. The number of thiophene rings is 1. The fourth-order valence-corrected chi connectivity index (χ4v) is 3.80. The molecule has 1 nitrogen and oxygen atoms in total. The van der Waals surface area contributed by atoms with Gasteiger partial charge in [0.1, 0.15) is 0 Å². The maximum atomic E-state index is 10.2. The number of aliphatic hydroxyl groups is 1. The summed E-state index contributed by atoms with van der Waals surface area (Å²) in [5.41, 5.74) is 1.50. The third-order valence-electron chi connectivity index (χ3n) is 3.55. The number of aliphatic hydroxyl groups excluding tert-OH is 1. The van der Waals surface area contributed by atoms with E-state index < -0.39 is 0 Å². The van der Waals surface area contributed by atoms with Gasteiger partial charge < -0.3 is 5.11 Å². The molecule has 0 amide bonds. The summed E-state index contributed by atoms with van der Waals surface area (Å²) in [4.78, 5) is 2.73. The van der Waals surface area contributed by atoms with Gasteiger partial charge in [0.05, 0.1) is 6.10 Å². The molecule has 1 aromatic heterocycles. The SMILES string of the molecule is CCC(CC)C(O)c1cc2c(s1)CCC2. The highest BCUT2D eigenvalue weighted by molar-refractivity contribution is 7.12. The van der Waals surface area contributed by atoms with Crippen LogP contribution in [0, 0.1) is 5.92 Å². The van der Waals surface area contributed by atoms with Crippen LogP contribution in [0.25, 0.3) is 0 Å². The standard InChI is InChI=1S/C13H20OS/c1-3-9(4-2)13(14)12-8-10-6-5-7-11(10)15-12/h8-9,13-14H,3-7H2,1-2H3. The molecule has 15 heavy (non-hydrogen) atoms. The van der Waals surface area contributed by atoms with Crippen LogP contribution < -0.4 is 0 Å². The Morgan fingerprint density at radius 3 is 2.67 bits per heavy atom. The topological polar surface area (TPSA) is 20.2 Å². The summed E-state index contributed by atoms with van der Waals surface area (Å²) in [6.45, 7) is 4.33. The van der Waals surface area contributed by atoms with E-state index in [-0.39, 0.29) is 6.10 Å². The van der Waals surface area contributed by atoms with Crippen molar-refractivity contribution in [3.05, 3.63) is 21.4 Å². The van der Waals surface area contributed by atoms with E-state index in [1.54, 1.807) is 0 Å². The Bertz CT molecular complexity index is 304. The van der Waals surface area contributed by atoms with Crippen LogP contribution in [0.15, 0.2) is 6.07 Å². The van der Waals surface area contributed by atoms with Gasteiger partial charge in [-0.15, -0.1) is 11.3 Å². The highest BCUT2D eigenvalue weighted by atomic mass is 32.1. The Hall–Kier alpha value is -0.340. The second-order valence-corrected chi connectivity index (χ2v) is 5.64. The van der Waals surface area contributed by atoms with Gasteiger partial charge in [0.2, 0.25) is 0 Å². The second-order valence-electron chi connectivity index (χ2n) is 4.47. The van der Waals surface area contributed by atoms with E-state index in [0.29, 0.717) is 5.92 Å². The highest BCUT2D eigenvalue weighted by Gasteiger charge is 2.22. The number of hydrogen-bond donors (Lipinski definition) is 1. The summed E-state index contributed by atoms with van der Waals surface area (Å²) < 4.78 is 0. The molecule has 0 saturated heterocycles. The zero-order chi connectivity index (χ0) is 10.8. The van der Waals surface area contributed by atoms with Gasteiger partial charge in [-0.1, -0.05) is 26.7 Å². The van der Waals surface area contributed by atoms with Crippen molar-refractivity contribution in [1.82, 2.24) is 0 Å². The molecule has 1 aliphatic carbocycles. The van der Waals surface area contributed by atoms with Crippen LogP contribution in [-0.4, -0.2) is 5.11 Å². The van der Waals surface area contributed by atoms with Crippen molar-refractivity contribution in [3.8, 4) is 0 Å². The minimum Gasteiger partial charge on any atom is -0.387 e. The minimum absolute atomic E-state index is 0.226. The summed E-state index contributed by atoms with van der Waals surface area (Å²) in [6.07, 6.45) is 5.68. The molecule has 2 heteroatoms. The Balaban J connectivity index is 2.15. The molecule has 0 aromatic carbocycles. The molecule has 0 bridgehead atoms. The Kier molecular flexibility index (Phi) is 3.47. The van der Waals surface area contributed by atoms with Crippen LogP contribution in [0.1, 0.15) is 54.5 Å². The van der Waals surface area contributed by atoms with Crippen molar-refractivity contribution in [2.24, 2.45) is 5.92 Å². The summed E-state index contributed by atoms with van der Waals surface area (Å²) in [5.74, 6) is 0.434. The van der Waals surface area contributed by atoms with E-state index >= 15 is 0 Å². The summed E-state index contributed by atoms with van der Waals surface area (Å²) in [7, 11) is 0. The average Bonchev–Trinajstić information content (AvgIpc) is 2.78. The molecular formula is C13H20OS. The van der Waals surface area contributed by atoms with Crippen molar-refractivity contribution >= 4 is 11.3 Å². The van der Waals surface area contributed by atoms with E-state index in [1.807, 2.05) is 11.3 Å². The lowest BCUT2D eigenvalue weighted by Gasteiger charge is -2.18. The van der Waals surface area contributed by atoms with Gasteiger partial charge in [-0.2, -0.15) is 0 Å². The quantitative estimate of drug-likeness (QED) is 0.826. The van der Waals surface area contributed by atoms with Crippen LogP contribution in [0.2, 0.25) is 0 Å². The molecule has 1 N–H and O–H groups in total. The molecule has 0 fully saturated rings. The van der Waals surface area contributed by atoms with Crippen LogP contribution in [0.4, 0.5) is 0 Å². The summed E-state index contributed by atoms with van der Waals surface area (Å²) in [5, 5.41) is 10.2. The minimum atomic E-state index is -0.226. The maximum absolute atomic E-state index is 10.2. The normalized spacial score (nSPS) is 17.1. The van der Waals surface area contributed by atoms with Gasteiger partial charge in [-0.25, -0.2) is 0 Å². The molecule has 1 heterocycles. The monoisotopic (exact) mass is 224 g/mol. The molecule has 84 valence electrons. The van der Waals surface area contributed by atoms with Gasteiger partial charge in [0.15, 0.2) is 0 Å². The Morgan fingerprint density at radius 2 is 2.07 bits per heavy atom. The van der Waals surface area contributed by atoms with Gasteiger partial charge >= 0.3 is 0 Å². The number of aryl methyl sites for hydroxylation is 2. The predicted molar refractivity (Wildman–Crippen MR) is 65.4 cm³/mol. The van der Waals surface area contributed by atoms with E-state index in [4.69, 9.17) is 0 Å². The summed E-state index contributed by atoms with van der Waals surface area (Å²) in [6, 6.07) is 2.25. The molecule has 0 spiro atoms. The molecule has 0 radical (unpaired) electrons. The first-order valence-corrected chi connectivity index (χ1v) is 6.87.